The molecule has 0 saturated carbocycles. The zero-order valence-electron chi connectivity index (χ0n) is 8.42. The lowest BCUT2D eigenvalue weighted by Gasteiger charge is -2.18. The summed E-state index contributed by atoms with van der Waals surface area (Å²) in [6.07, 6.45) is 0. The van der Waals surface area contributed by atoms with Gasteiger partial charge in [-0.3, -0.25) is 0 Å². The van der Waals surface area contributed by atoms with Gasteiger partial charge in [0.1, 0.15) is 0 Å². The van der Waals surface area contributed by atoms with Crippen LogP contribution < -0.4 is 0 Å². The molecule has 0 amide bonds. The van der Waals surface area contributed by atoms with E-state index in [1.165, 1.54) is 0 Å². The summed E-state index contributed by atoms with van der Waals surface area (Å²) in [5.41, 5.74) is 0. The van der Waals surface area contributed by atoms with Crippen LogP contribution in [-0.4, -0.2) is 9.53 Å². The van der Waals surface area contributed by atoms with E-state index in [2.05, 4.69) is 19.7 Å². The molecular weight excluding hydrogens is 184 g/mol. The van der Waals surface area contributed by atoms with Gasteiger partial charge in [0.15, 0.2) is 0 Å². The molecule has 0 aliphatic carbocycles. The zero-order valence-corrected chi connectivity index (χ0v) is 9.58. The zero-order chi connectivity index (χ0) is 10.4. The molecule has 0 aromatic rings. The number of hydrogen-bond donors (Lipinski definition) is 0. The summed E-state index contributed by atoms with van der Waals surface area (Å²) >= 11 is 0. The summed E-state index contributed by atoms with van der Waals surface area (Å²) in [6.45, 7) is 16.0. The van der Waals surface area contributed by atoms with Crippen molar-refractivity contribution in [2.75, 3.05) is 0 Å². The molecule has 0 aromatic carbocycles. The van der Waals surface area contributed by atoms with Crippen LogP contribution in [0.5, 0.6) is 0 Å². The van der Waals surface area contributed by atoms with Crippen LogP contribution in [0.2, 0.25) is 0 Å². The molecule has 3 nitrogen and oxygen atoms in total. The highest BCUT2D eigenvalue weighted by molar-refractivity contribution is 6.37. The smallest absolute Gasteiger partial charge is 0.490 e. The van der Waals surface area contributed by atoms with Crippen LogP contribution in [0.15, 0.2) is 37.0 Å². The SMILES string of the molecule is C=C(C)O[SiH](OC(=C)C)OC(=C)C. The molecule has 0 heterocycles. The average molecular weight is 200 g/mol. The van der Waals surface area contributed by atoms with Gasteiger partial charge >= 0.3 is 9.53 Å². The Morgan fingerprint density at radius 1 is 0.769 bits per heavy atom. The molecule has 0 unspecified atom stereocenters. The normalized spacial score (nSPS) is 9.23. The molecule has 0 radical (unpaired) electrons. The van der Waals surface area contributed by atoms with Gasteiger partial charge in [0, 0.05) is 0 Å². The van der Waals surface area contributed by atoms with Crippen LogP contribution in [0.3, 0.4) is 0 Å². The van der Waals surface area contributed by atoms with E-state index in [0.29, 0.717) is 17.3 Å². The van der Waals surface area contributed by atoms with Gasteiger partial charge in [0.25, 0.3) is 0 Å². The first-order valence-electron chi connectivity index (χ1n) is 3.88. The molecule has 74 valence electrons. The fraction of sp³-hybridized carbons (Fsp3) is 0.333. The molecule has 0 aromatic heterocycles. The number of allylic oxidation sites excluding steroid dienone is 3. The van der Waals surface area contributed by atoms with E-state index in [0.717, 1.165) is 0 Å². The lowest BCUT2D eigenvalue weighted by Crippen LogP contribution is -2.24. The predicted molar refractivity (Wildman–Crippen MR) is 54.8 cm³/mol. The van der Waals surface area contributed by atoms with Crippen molar-refractivity contribution in [3.8, 4) is 0 Å². The number of hydrogen-bond acceptors (Lipinski definition) is 3. The fourth-order valence-electron chi connectivity index (χ4n) is 0.565. The second-order valence-corrected chi connectivity index (χ2v) is 4.03. The summed E-state index contributed by atoms with van der Waals surface area (Å²) < 4.78 is 15.8. The minimum atomic E-state index is -2.21. The first-order chi connectivity index (χ1) is 5.91. The molecule has 0 bridgehead atoms. The number of rotatable bonds is 6. The van der Waals surface area contributed by atoms with Gasteiger partial charge in [-0.2, -0.15) is 0 Å². The van der Waals surface area contributed by atoms with Gasteiger partial charge in [-0.15, -0.1) is 0 Å². The van der Waals surface area contributed by atoms with Crippen LogP contribution in [0, 0.1) is 0 Å². The van der Waals surface area contributed by atoms with Gasteiger partial charge in [-0.25, -0.2) is 0 Å². The minimum Gasteiger partial charge on any atom is -0.490 e. The molecule has 4 heteroatoms. The molecule has 0 atom stereocenters. The van der Waals surface area contributed by atoms with Crippen molar-refractivity contribution in [3.63, 3.8) is 0 Å². The van der Waals surface area contributed by atoms with E-state index in [-0.39, 0.29) is 0 Å². The van der Waals surface area contributed by atoms with Crippen molar-refractivity contribution in [2.45, 2.75) is 20.8 Å². The Bertz CT molecular complexity index is 185. The van der Waals surface area contributed by atoms with Crippen LogP contribution in [0.25, 0.3) is 0 Å². The first-order valence-corrected chi connectivity index (χ1v) is 5.29. The third kappa shape index (κ3) is 7.21. The second kappa shape index (κ2) is 5.48. The van der Waals surface area contributed by atoms with Crippen molar-refractivity contribution >= 4 is 9.53 Å². The molecular formula is C9H16O3Si. The Balaban J connectivity index is 4.10. The predicted octanol–water partition coefficient (Wildman–Crippen LogP) is 2.35. The lowest BCUT2D eigenvalue weighted by atomic mass is 10.7. The Kier molecular flexibility index (Phi) is 4.99. The molecule has 0 saturated heterocycles. The highest BCUT2D eigenvalue weighted by atomic mass is 28.3. The van der Waals surface area contributed by atoms with Gasteiger partial charge in [-0.05, 0) is 20.8 Å². The van der Waals surface area contributed by atoms with Crippen LogP contribution >= 0.6 is 0 Å². The molecule has 0 fully saturated rings. The Hall–Kier alpha value is -1.16. The molecule has 0 spiro atoms. The van der Waals surface area contributed by atoms with E-state index in [1.807, 2.05) is 0 Å². The van der Waals surface area contributed by atoms with Crippen LogP contribution in [0.4, 0.5) is 0 Å². The van der Waals surface area contributed by atoms with Crippen molar-refractivity contribution in [2.24, 2.45) is 0 Å². The van der Waals surface area contributed by atoms with Crippen molar-refractivity contribution in [1.29, 1.82) is 0 Å². The third-order valence-corrected chi connectivity index (χ3v) is 2.68. The molecule has 0 N–H and O–H groups in total. The summed E-state index contributed by atoms with van der Waals surface area (Å²) in [5.74, 6) is 1.71. The minimum absolute atomic E-state index is 0.569. The molecule has 0 rings (SSSR count). The topological polar surface area (TPSA) is 27.7 Å². The standard InChI is InChI=1S/C9H16O3Si/c1-7(2)10-13(11-8(3)4)12-9(5)6/h13H,1,3,5H2,2,4,6H3. The van der Waals surface area contributed by atoms with Gasteiger partial charge < -0.3 is 13.3 Å². The van der Waals surface area contributed by atoms with Crippen molar-refractivity contribution in [1.82, 2.24) is 0 Å². The van der Waals surface area contributed by atoms with Crippen molar-refractivity contribution < 1.29 is 13.3 Å². The molecule has 13 heavy (non-hydrogen) atoms. The van der Waals surface area contributed by atoms with E-state index in [1.54, 1.807) is 20.8 Å². The van der Waals surface area contributed by atoms with Crippen LogP contribution in [-0.2, 0) is 13.3 Å². The molecule has 0 aliphatic rings. The van der Waals surface area contributed by atoms with Gasteiger partial charge in [0.2, 0.25) is 0 Å². The van der Waals surface area contributed by atoms with E-state index >= 15 is 0 Å². The summed E-state index contributed by atoms with van der Waals surface area (Å²) in [4.78, 5) is 0. The van der Waals surface area contributed by atoms with E-state index in [4.69, 9.17) is 13.3 Å². The van der Waals surface area contributed by atoms with E-state index in [9.17, 15) is 0 Å². The van der Waals surface area contributed by atoms with Crippen LogP contribution in [0.1, 0.15) is 20.8 Å². The van der Waals surface area contributed by atoms with Crippen molar-refractivity contribution in [3.05, 3.63) is 37.0 Å². The lowest BCUT2D eigenvalue weighted by molar-refractivity contribution is 0.184. The monoisotopic (exact) mass is 200 g/mol. The maximum absolute atomic E-state index is 5.25. The summed E-state index contributed by atoms with van der Waals surface area (Å²) in [7, 11) is -2.21. The first kappa shape index (κ1) is 11.8. The highest BCUT2D eigenvalue weighted by Gasteiger charge is 2.20. The fourth-order valence-corrected chi connectivity index (χ4v) is 1.69. The molecule has 0 aliphatic heterocycles. The second-order valence-electron chi connectivity index (χ2n) is 2.75. The highest BCUT2D eigenvalue weighted by Crippen LogP contribution is 2.07. The third-order valence-electron chi connectivity index (χ3n) is 0.892. The maximum Gasteiger partial charge on any atom is 0.682 e. The van der Waals surface area contributed by atoms with E-state index < -0.39 is 9.53 Å². The largest absolute Gasteiger partial charge is 0.682 e. The Morgan fingerprint density at radius 3 is 1.15 bits per heavy atom. The summed E-state index contributed by atoms with van der Waals surface area (Å²) in [6, 6.07) is 0. The Labute approximate surface area is 81.3 Å². The van der Waals surface area contributed by atoms with Gasteiger partial charge in [0.05, 0.1) is 17.3 Å². The average Bonchev–Trinajstić information content (AvgIpc) is 1.80. The quantitative estimate of drug-likeness (QED) is 0.486. The summed E-state index contributed by atoms with van der Waals surface area (Å²) in [5, 5.41) is 0. The van der Waals surface area contributed by atoms with Gasteiger partial charge in [-0.1, -0.05) is 19.7 Å². The Morgan fingerprint density at radius 2 is 1.00 bits per heavy atom. The maximum atomic E-state index is 5.25.